The minimum absolute atomic E-state index is 0.369. The van der Waals surface area contributed by atoms with E-state index in [-0.39, 0.29) is 11.8 Å². The van der Waals surface area contributed by atoms with Crippen molar-refractivity contribution in [3.63, 3.8) is 0 Å². The molecule has 0 bridgehead atoms. The second-order valence-corrected chi connectivity index (χ2v) is 6.22. The lowest BCUT2D eigenvalue weighted by atomic mass is 10.2. The molecule has 0 saturated heterocycles. The summed E-state index contributed by atoms with van der Waals surface area (Å²) in [6.45, 7) is 3.68. The number of carbonyl (C=O) groups excluding carboxylic acids is 2. The quantitative estimate of drug-likeness (QED) is 0.717. The van der Waals surface area contributed by atoms with Gasteiger partial charge in [0, 0.05) is 10.4 Å². The van der Waals surface area contributed by atoms with Crippen LogP contribution in [0.15, 0.2) is 47.0 Å². The van der Waals surface area contributed by atoms with Crippen LogP contribution in [-0.4, -0.2) is 17.0 Å². The lowest BCUT2D eigenvalue weighted by Crippen LogP contribution is -2.41. The fourth-order valence-electron chi connectivity index (χ4n) is 2.27. The summed E-state index contributed by atoms with van der Waals surface area (Å²) < 4.78 is 5.15. The summed E-state index contributed by atoms with van der Waals surface area (Å²) in [7, 11) is 0. The van der Waals surface area contributed by atoms with Crippen molar-refractivity contribution in [1.82, 2.24) is 16.0 Å². The highest BCUT2D eigenvalue weighted by Gasteiger charge is 2.16. The van der Waals surface area contributed by atoms with E-state index in [0.717, 1.165) is 16.1 Å². The summed E-state index contributed by atoms with van der Waals surface area (Å²) >= 11 is 1.31. The van der Waals surface area contributed by atoms with Crippen molar-refractivity contribution >= 4 is 23.2 Å². The van der Waals surface area contributed by atoms with Crippen LogP contribution >= 0.6 is 11.3 Å². The molecule has 122 valence electrons. The highest BCUT2D eigenvalue weighted by Crippen LogP contribution is 2.32. The maximum atomic E-state index is 12.2. The van der Waals surface area contributed by atoms with E-state index in [1.54, 1.807) is 30.3 Å². The molecule has 2 N–H and O–H groups in total. The van der Waals surface area contributed by atoms with Crippen LogP contribution in [0.1, 0.15) is 31.5 Å². The monoisotopic (exact) mass is 341 g/mol. The van der Waals surface area contributed by atoms with Crippen molar-refractivity contribution in [1.29, 1.82) is 0 Å². The van der Waals surface area contributed by atoms with E-state index >= 15 is 0 Å². The highest BCUT2D eigenvalue weighted by molar-refractivity contribution is 7.17. The van der Waals surface area contributed by atoms with Crippen molar-refractivity contribution in [2.45, 2.75) is 13.8 Å². The third kappa shape index (κ3) is 3.21. The molecule has 0 atom stereocenters. The molecule has 24 heavy (non-hydrogen) atoms. The Hall–Kier alpha value is -2.93. The Kier molecular flexibility index (Phi) is 4.43. The number of amides is 2. The van der Waals surface area contributed by atoms with Crippen LogP contribution in [0.4, 0.5) is 0 Å². The molecule has 0 radical (unpaired) electrons. The van der Waals surface area contributed by atoms with Crippen LogP contribution < -0.4 is 10.9 Å². The topological polar surface area (TPSA) is 84.2 Å². The number of aromatic nitrogens is 1. The number of hydrazine groups is 1. The fourth-order valence-corrected chi connectivity index (χ4v) is 3.31. The van der Waals surface area contributed by atoms with Gasteiger partial charge in [-0.15, -0.1) is 11.3 Å². The zero-order valence-electron chi connectivity index (χ0n) is 13.1. The number of carbonyl (C=O) groups is 2. The predicted molar refractivity (Wildman–Crippen MR) is 90.7 cm³/mol. The van der Waals surface area contributed by atoms with Crippen LogP contribution in [0.5, 0.6) is 0 Å². The van der Waals surface area contributed by atoms with Gasteiger partial charge in [0.2, 0.25) is 0 Å². The van der Waals surface area contributed by atoms with Crippen molar-refractivity contribution in [3.8, 4) is 10.4 Å². The zero-order valence-corrected chi connectivity index (χ0v) is 13.9. The zero-order chi connectivity index (χ0) is 17.1. The van der Waals surface area contributed by atoms with Crippen LogP contribution in [0.2, 0.25) is 0 Å². The Labute approximate surface area is 142 Å². The van der Waals surface area contributed by atoms with E-state index in [0.29, 0.717) is 16.2 Å². The summed E-state index contributed by atoms with van der Waals surface area (Å²) in [6.07, 6.45) is 0. The molecule has 0 fully saturated rings. The normalized spacial score (nSPS) is 10.4. The molecule has 2 amide bonds. The number of hydrogen-bond acceptors (Lipinski definition) is 5. The summed E-state index contributed by atoms with van der Waals surface area (Å²) in [4.78, 5) is 25.5. The predicted octanol–water partition coefficient (Wildman–Crippen LogP) is 3.09. The number of rotatable bonds is 3. The number of nitrogens with one attached hydrogen (secondary N) is 2. The Bertz CT molecular complexity index is 864. The van der Waals surface area contributed by atoms with Gasteiger partial charge < -0.3 is 4.52 Å². The average molecular weight is 341 g/mol. The molecule has 0 aliphatic rings. The van der Waals surface area contributed by atoms with Gasteiger partial charge in [-0.25, -0.2) is 0 Å². The standard InChI is InChI=1S/C17H15N3O3S/c1-10-15(11(2)23-20-10)13-8-9-14(24-13)17(22)19-18-16(21)12-6-4-3-5-7-12/h3-9H,1-2H3,(H,18,21)(H,19,22). The lowest BCUT2D eigenvalue weighted by Gasteiger charge is -2.05. The molecular weight excluding hydrogens is 326 g/mol. The van der Waals surface area contributed by atoms with E-state index in [9.17, 15) is 9.59 Å². The van der Waals surface area contributed by atoms with Gasteiger partial charge in [-0.2, -0.15) is 0 Å². The van der Waals surface area contributed by atoms with E-state index in [1.165, 1.54) is 11.3 Å². The molecular formula is C17H15N3O3S. The first-order chi connectivity index (χ1) is 11.6. The number of aryl methyl sites for hydroxylation is 2. The molecule has 2 aromatic heterocycles. The maximum Gasteiger partial charge on any atom is 0.279 e. The van der Waals surface area contributed by atoms with Crippen LogP contribution in [0.3, 0.4) is 0 Å². The molecule has 3 rings (SSSR count). The van der Waals surface area contributed by atoms with Gasteiger partial charge in [0.15, 0.2) is 0 Å². The van der Waals surface area contributed by atoms with E-state index in [4.69, 9.17) is 4.52 Å². The highest BCUT2D eigenvalue weighted by atomic mass is 32.1. The number of benzene rings is 1. The third-order valence-corrected chi connectivity index (χ3v) is 4.54. The first kappa shape index (κ1) is 15.9. The summed E-state index contributed by atoms with van der Waals surface area (Å²) in [5, 5.41) is 3.91. The first-order valence-corrected chi connectivity index (χ1v) is 8.06. The average Bonchev–Trinajstić information content (AvgIpc) is 3.20. The molecule has 0 unspecified atom stereocenters. The molecule has 7 heteroatoms. The van der Waals surface area contributed by atoms with Crippen LogP contribution in [-0.2, 0) is 0 Å². The SMILES string of the molecule is Cc1noc(C)c1-c1ccc(C(=O)NNC(=O)c2ccccc2)s1. The molecule has 0 spiro atoms. The van der Waals surface area contributed by atoms with Crippen molar-refractivity contribution in [2.24, 2.45) is 0 Å². The van der Waals surface area contributed by atoms with Gasteiger partial charge in [0.25, 0.3) is 11.8 Å². The summed E-state index contributed by atoms with van der Waals surface area (Å²) in [5.74, 6) is -0.0348. The Balaban J connectivity index is 1.67. The smallest absolute Gasteiger partial charge is 0.279 e. The maximum absolute atomic E-state index is 12.2. The van der Waals surface area contributed by atoms with Gasteiger partial charge in [-0.3, -0.25) is 20.4 Å². The first-order valence-electron chi connectivity index (χ1n) is 7.25. The molecule has 0 aliphatic heterocycles. The Morgan fingerprint density at radius 3 is 2.38 bits per heavy atom. The number of hydrogen-bond donors (Lipinski definition) is 2. The van der Waals surface area contributed by atoms with Crippen molar-refractivity contribution in [3.05, 3.63) is 64.4 Å². The van der Waals surface area contributed by atoms with Gasteiger partial charge in [0.1, 0.15) is 5.76 Å². The Morgan fingerprint density at radius 1 is 1.00 bits per heavy atom. The summed E-state index contributed by atoms with van der Waals surface area (Å²) in [6, 6.07) is 12.2. The van der Waals surface area contributed by atoms with Crippen molar-refractivity contribution < 1.29 is 14.1 Å². The minimum atomic E-state index is -0.373. The molecule has 1 aromatic carbocycles. The molecule has 2 heterocycles. The van der Waals surface area contributed by atoms with E-state index < -0.39 is 0 Å². The largest absolute Gasteiger partial charge is 0.361 e. The number of nitrogens with zero attached hydrogens (tertiary/aromatic N) is 1. The second kappa shape index (κ2) is 6.67. The minimum Gasteiger partial charge on any atom is -0.361 e. The molecule has 0 saturated carbocycles. The van der Waals surface area contributed by atoms with Gasteiger partial charge in [-0.05, 0) is 38.1 Å². The molecule has 3 aromatic rings. The van der Waals surface area contributed by atoms with Crippen LogP contribution in [0.25, 0.3) is 10.4 Å². The van der Waals surface area contributed by atoms with Gasteiger partial charge >= 0.3 is 0 Å². The molecule has 6 nitrogen and oxygen atoms in total. The lowest BCUT2D eigenvalue weighted by molar-refractivity contribution is 0.0849. The second-order valence-electron chi connectivity index (χ2n) is 5.14. The fraction of sp³-hybridized carbons (Fsp3) is 0.118. The van der Waals surface area contributed by atoms with E-state index in [1.807, 2.05) is 26.0 Å². The van der Waals surface area contributed by atoms with Crippen molar-refractivity contribution in [2.75, 3.05) is 0 Å². The Morgan fingerprint density at radius 2 is 1.71 bits per heavy atom. The number of thiophene rings is 1. The molecule has 0 aliphatic carbocycles. The summed E-state index contributed by atoms with van der Waals surface area (Å²) in [5.41, 5.74) is 6.96. The van der Waals surface area contributed by atoms with Gasteiger partial charge in [-0.1, -0.05) is 23.4 Å². The van der Waals surface area contributed by atoms with E-state index in [2.05, 4.69) is 16.0 Å². The van der Waals surface area contributed by atoms with Crippen LogP contribution in [0, 0.1) is 13.8 Å². The van der Waals surface area contributed by atoms with Gasteiger partial charge in [0.05, 0.1) is 16.1 Å². The third-order valence-electron chi connectivity index (χ3n) is 3.44.